The Labute approximate surface area is 145 Å². The van der Waals surface area contributed by atoms with E-state index in [9.17, 15) is 9.59 Å². The van der Waals surface area contributed by atoms with Crippen molar-refractivity contribution in [2.24, 2.45) is 0 Å². The van der Waals surface area contributed by atoms with Crippen molar-refractivity contribution in [2.45, 2.75) is 13.0 Å². The lowest BCUT2D eigenvalue weighted by atomic mass is 10.3. The second kappa shape index (κ2) is 7.75. The van der Waals surface area contributed by atoms with Gasteiger partial charge >= 0.3 is 0 Å². The summed E-state index contributed by atoms with van der Waals surface area (Å²) in [6.45, 7) is 0.511. The van der Waals surface area contributed by atoms with Crippen LogP contribution in [0.5, 0.6) is 0 Å². The topological polar surface area (TPSA) is 96.9 Å². The molecule has 0 aliphatic rings. The summed E-state index contributed by atoms with van der Waals surface area (Å²) < 4.78 is 0. The molecule has 2 amide bonds. The van der Waals surface area contributed by atoms with Crippen LogP contribution in [0.15, 0.2) is 41.5 Å². The molecule has 0 unspecified atom stereocenters. The number of thiophene rings is 1. The molecule has 0 fully saturated rings. The van der Waals surface area contributed by atoms with Crippen molar-refractivity contribution in [2.75, 3.05) is 5.32 Å². The summed E-state index contributed by atoms with van der Waals surface area (Å²) in [7, 11) is 0. The number of thiazole rings is 1. The molecule has 122 valence electrons. The molecule has 7 nitrogen and oxygen atoms in total. The number of anilines is 1. The fourth-order valence-electron chi connectivity index (χ4n) is 1.85. The van der Waals surface area contributed by atoms with E-state index < -0.39 is 0 Å². The molecule has 0 bridgehead atoms. The van der Waals surface area contributed by atoms with Crippen molar-refractivity contribution in [3.8, 4) is 0 Å². The highest BCUT2D eigenvalue weighted by molar-refractivity contribution is 7.14. The highest BCUT2D eigenvalue weighted by atomic mass is 32.1. The molecular formula is C15H13N5O2S2. The number of carbonyl (C=O) groups is 2. The number of hydrogen-bond donors (Lipinski definition) is 2. The largest absolute Gasteiger partial charge is 0.351 e. The van der Waals surface area contributed by atoms with E-state index in [0.29, 0.717) is 17.4 Å². The Morgan fingerprint density at radius 1 is 1.21 bits per heavy atom. The van der Waals surface area contributed by atoms with Crippen LogP contribution in [0.2, 0.25) is 0 Å². The predicted molar refractivity (Wildman–Crippen MR) is 92.0 cm³/mol. The predicted octanol–water partition coefficient (Wildman–Crippen LogP) is 2.11. The number of hydrogen-bond acceptors (Lipinski definition) is 7. The van der Waals surface area contributed by atoms with Crippen LogP contribution >= 0.6 is 22.7 Å². The van der Waals surface area contributed by atoms with Gasteiger partial charge in [-0.2, -0.15) is 0 Å². The minimum atomic E-state index is -0.383. The molecule has 0 atom stereocenters. The maximum Gasteiger partial charge on any atom is 0.277 e. The van der Waals surface area contributed by atoms with Crippen LogP contribution in [0.1, 0.15) is 21.1 Å². The van der Waals surface area contributed by atoms with Gasteiger partial charge in [-0.25, -0.2) is 9.97 Å². The first-order valence-electron chi connectivity index (χ1n) is 7.01. The number of aromatic nitrogens is 3. The first kappa shape index (κ1) is 16.2. The monoisotopic (exact) mass is 359 g/mol. The van der Waals surface area contributed by atoms with Gasteiger partial charge < -0.3 is 5.32 Å². The molecule has 0 saturated carbocycles. The SMILES string of the molecule is O=C(Cc1csc(NC(=O)c2cnccn2)n1)NCc1cccs1. The molecule has 3 aromatic rings. The van der Waals surface area contributed by atoms with Gasteiger partial charge in [0.25, 0.3) is 5.91 Å². The van der Waals surface area contributed by atoms with E-state index in [1.165, 1.54) is 29.9 Å². The summed E-state index contributed by atoms with van der Waals surface area (Å²) >= 11 is 2.85. The van der Waals surface area contributed by atoms with Crippen molar-refractivity contribution in [1.29, 1.82) is 0 Å². The molecule has 9 heteroatoms. The molecule has 0 saturated heterocycles. The highest BCUT2D eigenvalue weighted by Crippen LogP contribution is 2.16. The van der Waals surface area contributed by atoms with Crippen LogP contribution in [0.3, 0.4) is 0 Å². The molecule has 24 heavy (non-hydrogen) atoms. The lowest BCUT2D eigenvalue weighted by molar-refractivity contribution is -0.120. The Hall–Kier alpha value is -2.65. The molecular weight excluding hydrogens is 346 g/mol. The fraction of sp³-hybridized carbons (Fsp3) is 0.133. The lowest BCUT2D eigenvalue weighted by Crippen LogP contribution is -2.24. The van der Waals surface area contributed by atoms with Gasteiger partial charge in [-0.15, -0.1) is 22.7 Å². The quantitative estimate of drug-likeness (QED) is 0.702. The van der Waals surface area contributed by atoms with Gasteiger partial charge in [0.1, 0.15) is 5.69 Å². The summed E-state index contributed by atoms with van der Waals surface area (Å²) in [6, 6.07) is 3.91. The second-order valence-electron chi connectivity index (χ2n) is 4.72. The van der Waals surface area contributed by atoms with Crippen molar-refractivity contribution in [1.82, 2.24) is 20.3 Å². The molecule has 0 spiro atoms. The fourth-order valence-corrected chi connectivity index (χ4v) is 3.20. The number of rotatable bonds is 6. The molecule has 0 radical (unpaired) electrons. The maximum absolute atomic E-state index is 12.0. The van der Waals surface area contributed by atoms with Crippen molar-refractivity contribution >= 4 is 39.6 Å². The van der Waals surface area contributed by atoms with E-state index >= 15 is 0 Å². The number of nitrogens with zero attached hydrogens (tertiary/aromatic N) is 3. The molecule has 2 N–H and O–H groups in total. The minimum absolute atomic E-state index is 0.111. The lowest BCUT2D eigenvalue weighted by Gasteiger charge is -2.02. The Bertz CT molecular complexity index is 818. The van der Waals surface area contributed by atoms with Gasteiger partial charge in [0.05, 0.1) is 24.9 Å². The van der Waals surface area contributed by atoms with E-state index in [2.05, 4.69) is 25.6 Å². The van der Waals surface area contributed by atoms with Crippen molar-refractivity contribution < 1.29 is 9.59 Å². The van der Waals surface area contributed by atoms with E-state index in [1.54, 1.807) is 16.7 Å². The number of amides is 2. The third-order valence-electron chi connectivity index (χ3n) is 2.95. The zero-order chi connectivity index (χ0) is 16.8. The van der Waals surface area contributed by atoms with Gasteiger partial charge in [0.2, 0.25) is 5.91 Å². The van der Waals surface area contributed by atoms with Crippen LogP contribution < -0.4 is 10.6 Å². The van der Waals surface area contributed by atoms with Gasteiger partial charge in [-0.3, -0.25) is 19.9 Å². The van der Waals surface area contributed by atoms with Crippen LogP contribution in [-0.4, -0.2) is 26.8 Å². The Morgan fingerprint density at radius 3 is 2.88 bits per heavy atom. The van der Waals surface area contributed by atoms with E-state index in [-0.39, 0.29) is 23.9 Å². The van der Waals surface area contributed by atoms with E-state index in [1.807, 2.05) is 17.5 Å². The summed E-state index contributed by atoms with van der Waals surface area (Å²) in [5.74, 6) is -0.494. The molecule has 3 aromatic heterocycles. The molecule has 3 rings (SSSR count). The normalized spacial score (nSPS) is 10.3. The van der Waals surface area contributed by atoms with E-state index in [4.69, 9.17) is 0 Å². The summed E-state index contributed by atoms with van der Waals surface area (Å²) in [6.07, 6.45) is 4.48. The molecule has 0 aromatic carbocycles. The maximum atomic E-state index is 12.0. The standard InChI is InChI=1S/C15H13N5O2S2/c21-13(18-7-11-2-1-5-23-11)6-10-9-24-15(19-10)20-14(22)12-8-16-3-4-17-12/h1-5,8-9H,6-7H2,(H,18,21)(H,19,20,22). The average molecular weight is 359 g/mol. The smallest absolute Gasteiger partial charge is 0.277 e. The zero-order valence-electron chi connectivity index (χ0n) is 12.4. The third kappa shape index (κ3) is 4.43. The van der Waals surface area contributed by atoms with Gasteiger partial charge in [0.15, 0.2) is 5.13 Å². The van der Waals surface area contributed by atoms with Crippen LogP contribution in [-0.2, 0) is 17.8 Å². The second-order valence-corrected chi connectivity index (χ2v) is 6.61. The minimum Gasteiger partial charge on any atom is -0.351 e. The van der Waals surface area contributed by atoms with Crippen LogP contribution in [0.4, 0.5) is 5.13 Å². The first-order chi connectivity index (χ1) is 11.7. The summed E-state index contributed by atoms with van der Waals surface area (Å²) in [5.41, 5.74) is 0.820. The van der Waals surface area contributed by atoms with Gasteiger partial charge in [-0.05, 0) is 11.4 Å². The van der Waals surface area contributed by atoms with Gasteiger partial charge in [0, 0.05) is 22.7 Å². The third-order valence-corrected chi connectivity index (χ3v) is 4.63. The number of nitrogens with one attached hydrogen (secondary N) is 2. The Morgan fingerprint density at radius 2 is 2.12 bits per heavy atom. The Kier molecular flexibility index (Phi) is 5.24. The summed E-state index contributed by atoms with van der Waals surface area (Å²) in [5, 5.41) is 9.62. The number of carbonyl (C=O) groups excluding carboxylic acids is 2. The Balaban J connectivity index is 1.51. The van der Waals surface area contributed by atoms with E-state index in [0.717, 1.165) is 4.88 Å². The first-order valence-corrected chi connectivity index (χ1v) is 8.77. The highest BCUT2D eigenvalue weighted by Gasteiger charge is 2.12. The molecule has 0 aliphatic heterocycles. The van der Waals surface area contributed by atoms with Crippen molar-refractivity contribution in [3.05, 3.63) is 57.7 Å². The zero-order valence-corrected chi connectivity index (χ0v) is 14.1. The van der Waals surface area contributed by atoms with Gasteiger partial charge in [-0.1, -0.05) is 6.07 Å². The average Bonchev–Trinajstić information content (AvgIpc) is 3.26. The van der Waals surface area contributed by atoms with Crippen LogP contribution in [0.25, 0.3) is 0 Å². The summed E-state index contributed by atoms with van der Waals surface area (Å²) in [4.78, 5) is 37.0. The van der Waals surface area contributed by atoms with Crippen LogP contribution in [0, 0.1) is 0 Å². The van der Waals surface area contributed by atoms with Crippen molar-refractivity contribution in [3.63, 3.8) is 0 Å². The molecule has 0 aliphatic carbocycles. The molecule has 3 heterocycles.